The maximum Gasteiger partial charge on any atom is 0.262 e. The fraction of sp³-hybridized carbons (Fsp3) is 0.133. The predicted molar refractivity (Wildman–Crippen MR) is 73.4 cm³/mol. The van der Waals surface area contributed by atoms with Crippen molar-refractivity contribution in [2.45, 2.75) is 6.92 Å². The second-order valence-corrected chi connectivity index (χ2v) is 4.17. The number of phenols is 1. The first-order valence-corrected chi connectivity index (χ1v) is 5.92. The van der Waals surface area contributed by atoms with Crippen LogP contribution in [0.15, 0.2) is 48.5 Å². The maximum absolute atomic E-state index is 11.7. The first kappa shape index (κ1) is 13.0. The number of carbonyl (C=O) groups excluding carboxylic acids is 1. The van der Waals surface area contributed by atoms with E-state index in [4.69, 9.17) is 4.74 Å². The number of phenolic OH excluding ortho intramolecular Hbond substituents is 1. The van der Waals surface area contributed by atoms with E-state index in [1.165, 1.54) is 6.07 Å². The van der Waals surface area contributed by atoms with E-state index >= 15 is 0 Å². The van der Waals surface area contributed by atoms with Crippen molar-refractivity contribution in [3.05, 3.63) is 54.1 Å². The van der Waals surface area contributed by atoms with Gasteiger partial charge in [0.25, 0.3) is 5.91 Å². The standard InChI is InChI=1S/C15H15NO3/c1-11-6-8-12(9-7-11)16-15(18)10-19-14-5-3-2-4-13(14)17/h2-9,17H,10H2,1H3,(H,16,18). The summed E-state index contributed by atoms with van der Waals surface area (Å²) < 4.78 is 5.23. The topological polar surface area (TPSA) is 58.6 Å². The van der Waals surface area contributed by atoms with Crippen LogP contribution in [0.4, 0.5) is 5.69 Å². The van der Waals surface area contributed by atoms with Crippen molar-refractivity contribution in [3.8, 4) is 11.5 Å². The third kappa shape index (κ3) is 3.74. The lowest BCUT2D eigenvalue weighted by Crippen LogP contribution is -2.20. The zero-order chi connectivity index (χ0) is 13.7. The Balaban J connectivity index is 1.88. The van der Waals surface area contributed by atoms with Gasteiger partial charge >= 0.3 is 0 Å². The lowest BCUT2D eigenvalue weighted by atomic mass is 10.2. The van der Waals surface area contributed by atoms with E-state index in [2.05, 4.69) is 5.32 Å². The zero-order valence-corrected chi connectivity index (χ0v) is 10.6. The molecule has 19 heavy (non-hydrogen) atoms. The van der Waals surface area contributed by atoms with Gasteiger partial charge in [0.05, 0.1) is 0 Å². The van der Waals surface area contributed by atoms with Crippen LogP contribution in [0.2, 0.25) is 0 Å². The third-order valence-corrected chi connectivity index (χ3v) is 2.56. The van der Waals surface area contributed by atoms with E-state index in [0.717, 1.165) is 11.3 Å². The van der Waals surface area contributed by atoms with E-state index in [9.17, 15) is 9.90 Å². The molecule has 2 aromatic carbocycles. The zero-order valence-electron chi connectivity index (χ0n) is 10.6. The van der Waals surface area contributed by atoms with Crippen LogP contribution in [0, 0.1) is 6.92 Å². The minimum atomic E-state index is -0.271. The van der Waals surface area contributed by atoms with Crippen LogP contribution in [0.5, 0.6) is 11.5 Å². The Morgan fingerprint density at radius 2 is 1.84 bits per heavy atom. The van der Waals surface area contributed by atoms with Crippen molar-refractivity contribution in [1.29, 1.82) is 0 Å². The van der Waals surface area contributed by atoms with Gasteiger partial charge in [0.15, 0.2) is 18.1 Å². The summed E-state index contributed by atoms with van der Waals surface area (Å²) >= 11 is 0. The Hall–Kier alpha value is -2.49. The highest BCUT2D eigenvalue weighted by Gasteiger charge is 2.05. The molecule has 0 saturated heterocycles. The molecule has 0 saturated carbocycles. The molecule has 4 heteroatoms. The molecule has 0 spiro atoms. The Morgan fingerprint density at radius 3 is 2.53 bits per heavy atom. The van der Waals surface area contributed by atoms with E-state index in [1.54, 1.807) is 18.2 Å². The summed E-state index contributed by atoms with van der Waals surface area (Å²) in [5.41, 5.74) is 1.85. The quantitative estimate of drug-likeness (QED) is 0.885. The number of benzene rings is 2. The van der Waals surface area contributed by atoms with E-state index in [1.807, 2.05) is 31.2 Å². The largest absolute Gasteiger partial charge is 0.504 e. The molecule has 98 valence electrons. The van der Waals surface area contributed by atoms with Gasteiger partial charge in [-0.2, -0.15) is 0 Å². The molecule has 1 amide bonds. The molecule has 2 aromatic rings. The summed E-state index contributed by atoms with van der Waals surface area (Å²) in [4.78, 5) is 11.7. The van der Waals surface area contributed by atoms with Gasteiger partial charge in [0.1, 0.15) is 0 Å². The monoisotopic (exact) mass is 257 g/mol. The SMILES string of the molecule is Cc1ccc(NC(=O)COc2ccccc2O)cc1. The molecular formula is C15H15NO3. The molecule has 0 aliphatic heterocycles. The van der Waals surface area contributed by atoms with Crippen LogP contribution < -0.4 is 10.1 Å². The molecule has 0 radical (unpaired) electrons. The Morgan fingerprint density at radius 1 is 1.16 bits per heavy atom. The van der Waals surface area contributed by atoms with Crippen molar-refractivity contribution in [1.82, 2.24) is 0 Å². The number of anilines is 1. The average Bonchev–Trinajstić information content (AvgIpc) is 2.40. The molecule has 0 atom stereocenters. The first-order valence-electron chi connectivity index (χ1n) is 5.92. The van der Waals surface area contributed by atoms with Crippen LogP contribution in [0.3, 0.4) is 0 Å². The van der Waals surface area contributed by atoms with Crippen LogP contribution >= 0.6 is 0 Å². The van der Waals surface area contributed by atoms with Crippen LogP contribution in [0.25, 0.3) is 0 Å². The molecule has 2 rings (SSSR count). The van der Waals surface area contributed by atoms with Crippen molar-refractivity contribution in [2.75, 3.05) is 11.9 Å². The summed E-state index contributed by atoms with van der Waals surface area (Å²) in [6.45, 7) is 1.83. The summed E-state index contributed by atoms with van der Waals surface area (Å²) in [7, 11) is 0. The predicted octanol–water partition coefficient (Wildman–Crippen LogP) is 2.72. The molecule has 0 aromatic heterocycles. The fourth-order valence-corrected chi connectivity index (χ4v) is 1.56. The summed E-state index contributed by atoms with van der Waals surface area (Å²) in [6.07, 6.45) is 0. The smallest absolute Gasteiger partial charge is 0.262 e. The number of nitrogens with one attached hydrogen (secondary N) is 1. The minimum Gasteiger partial charge on any atom is -0.504 e. The molecule has 0 bridgehead atoms. The number of hydrogen-bond donors (Lipinski definition) is 2. The average molecular weight is 257 g/mol. The van der Waals surface area contributed by atoms with Gasteiger partial charge in [0, 0.05) is 5.69 Å². The van der Waals surface area contributed by atoms with Crippen molar-refractivity contribution in [3.63, 3.8) is 0 Å². The van der Waals surface area contributed by atoms with Crippen molar-refractivity contribution < 1.29 is 14.6 Å². The highest BCUT2D eigenvalue weighted by molar-refractivity contribution is 5.91. The number of para-hydroxylation sites is 2. The molecule has 2 N–H and O–H groups in total. The van der Waals surface area contributed by atoms with Gasteiger partial charge in [0.2, 0.25) is 0 Å². The Labute approximate surface area is 111 Å². The van der Waals surface area contributed by atoms with Gasteiger partial charge in [-0.25, -0.2) is 0 Å². The Bertz CT molecular complexity index is 564. The number of rotatable bonds is 4. The van der Waals surface area contributed by atoms with Gasteiger partial charge in [-0.05, 0) is 31.2 Å². The number of carbonyl (C=O) groups is 1. The molecular weight excluding hydrogens is 242 g/mol. The highest BCUT2D eigenvalue weighted by atomic mass is 16.5. The lowest BCUT2D eigenvalue weighted by Gasteiger charge is -2.08. The third-order valence-electron chi connectivity index (χ3n) is 2.56. The van der Waals surface area contributed by atoms with Crippen molar-refractivity contribution >= 4 is 11.6 Å². The molecule has 0 aliphatic rings. The maximum atomic E-state index is 11.7. The van der Waals surface area contributed by atoms with E-state index in [0.29, 0.717) is 5.75 Å². The van der Waals surface area contributed by atoms with Crippen LogP contribution in [-0.2, 0) is 4.79 Å². The van der Waals surface area contributed by atoms with Gasteiger partial charge in [-0.3, -0.25) is 4.79 Å². The molecule has 0 aliphatic carbocycles. The summed E-state index contributed by atoms with van der Waals surface area (Å²) in [6, 6.07) is 14.0. The molecule has 0 unspecified atom stereocenters. The lowest BCUT2D eigenvalue weighted by molar-refractivity contribution is -0.118. The number of hydrogen-bond acceptors (Lipinski definition) is 3. The number of amides is 1. The molecule has 0 heterocycles. The first-order chi connectivity index (χ1) is 9.15. The molecule has 0 fully saturated rings. The fourth-order valence-electron chi connectivity index (χ4n) is 1.56. The van der Waals surface area contributed by atoms with E-state index < -0.39 is 0 Å². The summed E-state index contributed by atoms with van der Waals surface area (Å²) in [5.74, 6) is 0.0410. The minimum absolute atomic E-state index is 0.0191. The van der Waals surface area contributed by atoms with E-state index in [-0.39, 0.29) is 18.3 Å². The van der Waals surface area contributed by atoms with Crippen LogP contribution in [-0.4, -0.2) is 17.6 Å². The Kier molecular flexibility index (Phi) is 4.03. The number of aryl methyl sites for hydroxylation is 1. The van der Waals surface area contributed by atoms with Gasteiger partial charge < -0.3 is 15.2 Å². The van der Waals surface area contributed by atoms with Gasteiger partial charge in [-0.15, -0.1) is 0 Å². The number of ether oxygens (including phenoxy) is 1. The second-order valence-electron chi connectivity index (χ2n) is 4.17. The highest BCUT2D eigenvalue weighted by Crippen LogP contribution is 2.24. The second kappa shape index (κ2) is 5.91. The normalized spacial score (nSPS) is 9.95. The molecule has 4 nitrogen and oxygen atoms in total. The van der Waals surface area contributed by atoms with Crippen LogP contribution in [0.1, 0.15) is 5.56 Å². The van der Waals surface area contributed by atoms with Gasteiger partial charge in [-0.1, -0.05) is 29.8 Å². The van der Waals surface area contributed by atoms with Crippen molar-refractivity contribution in [2.24, 2.45) is 0 Å². The number of aromatic hydroxyl groups is 1. The summed E-state index contributed by atoms with van der Waals surface area (Å²) in [5, 5.41) is 12.2.